The Bertz CT molecular complexity index is 832. The molecule has 0 aliphatic rings. The third kappa shape index (κ3) is 4.28. The van der Waals surface area contributed by atoms with Crippen LogP contribution in [0.4, 0.5) is 17.5 Å². The van der Waals surface area contributed by atoms with Crippen molar-refractivity contribution in [1.82, 2.24) is 9.97 Å². The first-order chi connectivity index (χ1) is 12.2. The minimum absolute atomic E-state index is 0.561. The monoisotopic (exact) mass is 352 g/mol. The van der Waals surface area contributed by atoms with Gasteiger partial charge in [-0.3, -0.25) is 0 Å². The van der Waals surface area contributed by atoms with Gasteiger partial charge in [0.25, 0.3) is 0 Å². The van der Waals surface area contributed by atoms with Crippen LogP contribution in [-0.4, -0.2) is 23.1 Å². The van der Waals surface area contributed by atoms with Crippen LogP contribution in [0.15, 0.2) is 60.7 Å². The van der Waals surface area contributed by atoms with Gasteiger partial charge in [-0.1, -0.05) is 48.0 Å². The minimum atomic E-state index is 0.561. The van der Waals surface area contributed by atoms with E-state index < -0.39 is 0 Å². The number of aromatic nitrogens is 2. The molecule has 4 nitrogen and oxygen atoms in total. The minimum Gasteiger partial charge on any atom is -0.357 e. The van der Waals surface area contributed by atoms with Crippen LogP contribution in [0.25, 0.3) is 11.3 Å². The summed E-state index contributed by atoms with van der Waals surface area (Å²) in [5.41, 5.74) is 2.82. The first-order valence-corrected chi connectivity index (χ1v) is 8.79. The molecule has 1 N–H and O–H groups in total. The number of hydrogen-bond donors (Lipinski definition) is 1. The van der Waals surface area contributed by atoms with Crippen molar-refractivity contribution in [2.75, 3.05) is 23.3 Å². The van der Waals surface area contributed by atoms with Gasteiger partial charge in [-0.25, -0.2) is 4.98 Å². The van der Waals surface area contributed by atoms with Gasteiger partial charge in [0.1, 0.15) is 5.82 Å². The van der Waals surface area contributed by atoms with Crippen molar-refractivity contribution < 1.29 is 0 Å². The average molecular weight is 353 g/mol. The first kappa shape index (κ1) is 17.2. The van der Waals surface area contributed by atoms with Crippen LogP contribution in [0.2, 0.25) is 5.02 Å². The van der Waals surface area contributed by atoms with Gasteiger partial charge >= 0.3 is 0 Å². The molecule has 0 amide bonds. The molecule has 0 aliphatic carbocycles. The van der Waals surface area contributed by atoms with E-state index in [1.807, 2.05) is 48.5 Å². The summed E-state index contributed by atoms with van der Waals surface area (Å²) in [6.07, 6.45) is 0. The van der Waals surface area contributed by atoms with Gasteiger partial charge in [0.05, 0.1) is 5.69 Å². The fraction of sp³-hybridized carbons (Fsp3) is 0.200. The molecule has 0 unspecified atom stereocenters. The summed E-state index contributed by atoms with van der Waals surface area (Å²) >= 11 is 6.08. The van der Waals surface area contributed by atoms with Crippen molar-refractivity contribution in [3.8, 4) is 11.3 Å². The molecular formula is C20H21ClN4. The summed E-state index contributed by atoms with van der Waals surface area (Å²) in [7, 11) is 0. The van der Waals surface area contributed by atoms with E-state index in [9.17, 15) is 0 Å². The molecule has 0 fully saturated rings. The smallest absolute Gasteiger partial charge is 0.229 e. The summed E-state index contributed by atoms with van der Waals surface area (Å²) in [6, 6.07) is 19.7. The SMILES string of the molecule is CCN(CC)c1cc(-c2ccccc2)nc(Nc2cccc(Cl)c2)n1. The summed E-state index contributed by atoms with van der Waals surface area (Å²) in [5.74, 6) is 1.47. The summed E-state index contributed by atoms with van der Waals surface area (Å²) < 4.78 is 0. The van der Waals surface area contributed by atoms with E-state index in [0.29, 0.717) is 11.0 Å². The predicted octanol–water partition coefficient (Wildman–Crippen LogP) is 5.39. The zero-order chi connectivity index (χ0) is 17.6. The molecule has 3 rings (SSSR count). The number of hydrogen-bond acceptors (Lipinski definition) is 4. The Labute approximate surface area is 153 Å². The summed E-state index contributed by atoms with van der Waals surface area (Å²) in [5, 5.41) is 3.94. The van der Waals surface area contributed by atoms with Crippen molar-refractivity contribution >= 4 is 29.1 Å². The highest BCUT2D eigenvalue weighted by Crippen LogP contribution is 2.25. The second-order valence-electron chi connectivity index (χ2n) is 5.61. The Morgan fingerprint density at radius 2 is 1.68 bits per heavy atom. The standard InChI is InChI=1S/C20H21ClN4/c1-3-25(4-2)19-14-18(15-9-6-5-7-10-15)23-20(24-19)22-17-12-8-11-16(21)13-17/h5-14H,3-4H2,1-2H3,(H,22,23,24). The van der Waals surface area contributed by atoms with Crippen LogP contribution in [0.5, 0.6) is 0 Å². The normalized spacial score (nSPS) is 10.5. The van der Waals surface area contributed by atoms with Crippen LogP contribution in [-0.2, 0) is 0 Å². The number of anilines is 3. The first-order valence-electron chi connectivity index (χ1n) is 8.41. The number of nitrogens with zero attached hydrogens (tertiary/aromatic N) is 3. The average Bonchev–Trinajstić information content (AvgIpc) is 2.63. The maximum Gasteiger partial charge on any atom is 0.229 e. The zero-order valence-corrected chi connectivity index (χ0v) is 15.2. The lowest BCUT2D eigenvalue weighted by Crippen LogP contribution is -2.23. The molecule has 0 spiro atoms. The van der Waals surface area contributed by atoms with Crippen LogP contribution >= 0.6 is 11.6 Å². The Kier molecular flexibility index (Phi) is 5.51. The largest absolute Gasteiger partial charge is 0.357 e. The molecule has 2 aromatic carbocycles. The third-order valence-corrected chi connectivity index (χ3v) is 4.19. The predicted molar refractivity (Wildman–Crippen MR) is 106 cm³/mol. The van der Waals surface area contributed by atoms with Crippen molar-refractivity contribution in [2.24, 2.45) is 0 Å². The van der Waals surface area contributed by atoms with E-state index in [2.05, 4.69) is 46.2 Å². The zero-order valence-electron chi connectivity index (χ0n) is 14.4. The molecule has 3 aromatic rings. The molecule has 0 bridgehead atoms. The highest BCUT2D eigenvalue weighted by atomic mass is 35.5. The van der Waals surface area contributed by atoms with Crippen molar-refractivity contribution in [1.29, 1.82) is 0 Å². The van der Waals surface area contributed by atoms with E-state index >= 15 is 0 Å². The lowest BCUT2D eigenvalue weighted by molar-refractivity contribution is 0.843. The lowest BCUT2D eigenvalue weighted by atomic mass is 10.1. The van der Waals surface area contributed by atoms with Gasteiger partial charge in [-0.2, -0.15) is 4.98 Å². The lowest BCUT2D eigenvalue weighted by Gasteiger charge is -2.21. The van der Waals surface area contributed by atoms with E-state index in [1.165, 1.54) is 0 Å². The van der Waals surface area contributed by atoms with Crippen molar-refractivity contribution in [3.05, 3.63) is 65.7 Å². The van der Waals surface area contributed by atoms with Gasteiger partial charge < -0.3 is 10.2 Å². The maximum atomic E-state index is 6.08. The molecule has 0 saturated carbocycles. The van der Waals surface area contributed by atoms with Crippen LogP contribution < -0.4 is 10.2 Å². The summed E-state index contributed by atoms with van der Waals surface area (Å²) in [6.45, 7) is 6.02. The highest BCUT2D eigenvalue weighted by Gasteiger charge is 2.11. The molecule has 25 heavy (non-hydrogen) atoms. The highest BCUT2D eigenvalue weighted by molar-refractivity contribution is 6.30. The quantitative estimate of drug-likeness (QED) is 0.646. The fourth-order valence-electron chi connectivity index (χ4n) is 2.65. The fourth-order valence-corrected chi connectivity index (χ4v) is 2.84. The molecule has 1 aromatic heterocycles. The van der Waals surface area contributed by atoms with Crippen LogP contribution in [0.1, 0.15) is 13.8 Å². The van der Waals surface area contributed by atoms with Gasteiger partial charge in [0, 0.05) is 35.4 Å². The second kappa shape index (κ2) is 7.99. The van der Waals surface area contributed by atoms with Crippen molar-refractivity contribution in [2.45, 2.75) is 13.8 Å². The second-order valence-corrected chi connectivity index (χ2v) is 6.05. The number of nitrogens with one attached hydrogen (secondary N) is 1. The van der Waals surface area contributed by atoms with Crippen LogP contribution in [0, 0.1) is 0 Å². The molecule has 128 valence electrons. The summed E-state index contributed by atoms with van der Waals surface area (Å²) in [4.78, 5) is 11.6. The number of rotatable bonds is 6. The maximum absolute atomic E-state index is 6.08. The molecule has 0 radical (unpaired) electrons. The van der Waals surface area contributed by atoms with Gasteiger partial charge in [0.15, 0.2) is 0 Å². The molecule has 5 heteroatoms. The molecule has 1 heterocycles. The van der Waals surface area contributed by atoms with Crippen LogP contribution in [0.3, 0.4) is 0 Å². The van der Waals surface area contributed by atoms with Gasteiger partial charge in [-0.05, 0) is 32.0 Å². The topological polar surface area (TPSA) is 41.1 Å². The molecular weight excluding hydrogens is 332 g/mol. The van der Waals surface area contributed by atoms with E-state index in [0.717, 1.165) is 35.9 Å². The molecule has 0 aliphatic heterocycles. The Morgan fingerprint density at radius 3 is 2.36 bits per heavy atom. The number of benzene rings is 2. The van der Waals surface area contributed by atoms with Gasteiger partial charge in [0.2, 0.25) is 5.95 Å². The van der Waals surface area contributed by atoms with Crippen molar-refractivity contribution in [3.63, 3.8) is 0 Å². The Morgan fingerprint density at radius 1 is 0.920 bits per heavy atom. The van der Waals surface area contributed by atoms with Gasteiger partial charge in [-0.15, -0.1) is 0 Å². The van der Waals surface area contributed by atoms with E-state index in [1.54, 1.807) is 0 Å². The van der Waals surface area contributed by atoms with E-state index in [4.69, 9.17) is 11.6 Å². The molecule has 0 atom stereocenters. The Balaban J connectivity index is 2.03. The third-order valence-electron chi connectivity index (χ3n) is 3.95. The Hall–Kier alpha value is -2.59. The van der Waals surface area contributed by atoms with E-state index in [-0.39, 0.29) is 0 Å². The molecule has 0 saturated heterocycles. The number of halogens is 1.